The third-order valence-corrected chi connectivity index (χ3v) is 5.21. The van der Waals surface area contributed by atoms with E-state index in [9.17, 15) is 0 Å². The van der Waals surface area contributed by atoms with Crippen LogP contribution in [0.5, 0.6) is 0 Å². The SMILES string of the molecule is Cl/C=[As](\Cl)=C\Cl. The Morgan fingerprint density at radius 2 is 1.50 bits per heavy atom. The van der Waals surface area contributed by atoms with E-state index in [-0.39, 0.29) is 0 Å². The van der Waals surface area contributed by atoms with Crippen LogP contribution in [-0.2, 0) is 0 Å². The van der Waals surface area contributed by atoms with Gasteiger partial charge in [-0.1, -0.05) is 0 Å². The predicted octanol–water partition coefficient (Wildman–Crippen LogP) is 1.38. The number of hydrogen-bond acceptors (Lipinski definition) is 0. The Kier molecular flexibility index (Phi) is 5.17. The molecule has 6 heavy (non-hydrogen) atoms. The molecule has 0 aliphatic heterocycles. The van der Waals surface area contributed by atoms with Crippen LogP contribution in [0.4, 0.5) is 0 Å². The van der Waals surface area contributed by atoms with E-state index in [4.69, 9.17) is 33.2 Å². The number of rotatable bonds is 0. The summed E-state index contributed by atoms with van der Waals surface area (Å²) in [5.41, 5.74) is 0. The molecule has 0 aromatic rings. The quantitative estimate of drug-likeness (QED) is 0.526. The standard InChI is InChI=1S/C2H2AsCl3/c4-1-3(6)2-5/h1-2H. The van der Waals surface area contributed by atoms with Crippen molar-refractivity contribution in [3.05, 3.63) is 0 Å². The summed E-state index contributed by atoms with van der Waals surface area (Å²) in [4.78, 5) is 0. The fraction of sp³-hybridized carbons (Fsp3) is 0. The molecule has 0 heterocycles. The van der Waals surface area contributed by atoms with Crippen LogP contribution in [0.2, 0.25) is 0 Å². The van der Waals surface area contributed by atoms with Crippen LogP contribution in [-0.4, -0.2) is 21.4 Å². The fourth-order valence-electron chi connectivity index (χ4n) is 0.0213. The van der Waals surface area contributed by atoms with E-state index in [1.54, 1.807) is 0 Å². The molecule has 0 amide bonds. The topological polar surface area (TPSA) is 0 Å². The minimum absolute atomic E-state index is 1.42. The van der Waals surface area contributed by atoms with Crippen LogP contribution >= 0.6 is 33.2 Å². The summed E-state index contributed by atoms with van der Waals surface area (Å²) < 4.78 is 2.84. The fourth-order valence-corrected chi connectivity index (χ4v) is 0.996. The average Bonchev–Trinajstić information content (AvgIpc) is 1.65. The van der Waals surface area contributed by atoms with Gasteiger partial charge >= 0.3 is 54.5 Å². The molecule has 36 valence electrons. The molecule has 0 aromatic heterocycles. The number of hydrogen-bond donors (Lipinski definition) is 0. The summed E-state index contributed by atoms with van der Waals surface area (Å²) >= 11 is 8.83. The Hall–Kier alpha value is 1.17. The molecular formula is C2H2AsCl3. The maximum absolute atomic E-state index is 5.42. The second kappa shape index (κ2) is 4.33. The van der Waals surface area contributed by atoms with Crippen molar-refractivity contribution in [3.63, 3.8) is 0 Å². The molecule has 0 bridgehead atoms. The molecule has 0 spiro atoms. The van der Waals surface area contributed by atoms with Gasteiger partial charge in [-0.15, -0.1) is 0 Å². The van der Waals surface area contributed by atoms with Gasteiger partial charge in [-0.05, 0) is 0 Å². The van der Waals surface area contributed by atoms with Crippen molar-refractivity contribution < 1.29 is 0 Å². The second-order valence-corrected chi connectivity index (χ2v) is 6.86. The summed E-state index contributed by atoms with van der Waals surface area (Å²) in [7, 11) is 5.42. The van der Waals surface area contributed by atoms with Gasteiger partial charge in [0.15, 0.2) is 0 Å². The van der Waals surface area contributed by atoms with Crippen LogP contribution in [0.3, 0.4) is 0 Å². The Morgan fingerprint density at radius 3 is 1.50 bits per heavy atom. The van der Waals surface area contributed by atoms with Gasteiger partial charge in [-0.25, -0.2) is 0 Å². The van der Waals surface area contributed by atoms with Gasteiger partial charge < -0.3 is 0 Å². The van der Waals surface area contributed by atoms with Gasteiger partial charge in [-0.3, -0.25) is 0 Å². The molecule has 0 aliphatic carbocycles. The summed E-state index contributed by atoms with van der Waals surface area (Å²) in [5.74, 6) is 0. The number of halogens is 3. The first kappa shape index (κ1) is 7.17. The van der Waals surface area contributed by atoms with Crippen molar-refractivity contribution >= 4 is 54.5 Å². The third-order valence-electron chi connectivity index (χ3n) is 0.186. The van der Waals surface area contributed by atoms with Crippen molar-refractivity contribution in [2.24, 2.45) is 0 Å². The van der Waals surface area contributed by atoms with Gasteiger partial charge in [0, 0.05) is 0 Å². The first-order valence-corrected chi connectivity index (χ1v) is 6.63. The molecular weight excluding hydrogens is 205 g/mol. The predicted molar refractivity (Wildman–Crippen MR) is 35.4 cm³/mol. The zero-order valence-electron chi connectivity index (χ0n) is 2.74. The monoisotopic (exact) mass is 206 g/mol. The Labute approximate surface area is 54.5 Å². The molecule has 0 atom stereocenters. The van der Waals surface area contributed by atoms with Crippen molar-refractivity contribution in [2.45, 2.75) is 0 Å². The van der Waals surface area contributed by atoms with Crippen LogP contribution in [0.25, 0.3) is 0 Å². The van der Waals surface area contributed by atoms with Crippen molar-refractivity contribution in [1.29, 1.82) is 0 Å². The average molecular weight is 207 g/mol. The summed E-state index contributed by atoms with van der Waals surface area (Å²) in [6, 6.07) is 0. The molecule has 0 fully saturated rings. The van der Waals surface area contributed by atoms with E-state index in [1.165, 1.54) is 8.53 Å². The van der Waals surface area contributed by atoms with Gasteiger partial charge in [0.05, 0.1) is 0 Å². The van der Waals surface area contributed by atoms with Crippen LogP contribution in [0.15, 0.2) is 0 Å². The Balaban J connectivity index is 3.86. The summed E-state index contributed by atoms with van der Waals surface area (Å²) in [6.45, 7) is 0. The summed E-state index contributed by atoms with van der Waals surface area (Å²) in [5, 5.41) is 0. The molecule has 0 unspecified atom stereocenters. The Morgan fingerprint density at radius 1 is 1.17 bits per heavy atom. The molecule has 0 N–H and O–H groups in total. The van der Waals surface area contributed by atoms with Crippen molar-refractivity contribution in [1.82, 2.24) is 0 Å². The maximum atomic E-state index is 5.42. The third kappa shape index (κ3) is 3.36. The summed E-state index contributed by atoms with van der Waals surface area (Å²) in [6.07, 6.45) is 0. The molecule has 0 saturated carbocycles. The van der Waals surface area contributed by atoms with E-state index in [2.05, 4.69) is 0 Å². The van der Waals surface area contributed by atoms with Crippen LogP contribution < -0.4 is 0 Å². The van der Waals surface area contributed by atoms with E-state index in [0.717, 1.165) is 0 Å². The molecule has 0 aromatic carbocycles. The molecule has 0 aliphatic rings. The molecule has 4 heteroatoms. The zero-order chi connectivity index (χ0) is 4.99. The van der Waals surface area contributed by atoms with Crippen LogP contribution in [0, 0.1) is 0 Å². The minimum atomic E-state index is -1.46. The normalized spacial score (nSPS) is 12.8. The van der Waals surface area contributed by atoms with E-state index in [0.29, 0.717) is 0 Å². The van der Waals surface area contributed by atoms with Crippen molar-refractivity contribution in [2.75, 3.05) is 0 Å². The first-order valence-electron chi connectivity index (χ1n) is 1.12. The second-order valence-electron chi connectivity index (χ2n) is 0.539. The van der Waals surface area contributed by atoms with Gasteiger partial charge in [-0.2, -0.15) is 0 Å². The van der Waals surface area contributed by atoms with Crippen molar-refractivity contribution in [3.8, 4) is 0 Å². The Bertz CT molecular complexity index is 89.4. The first-order chi connectivity index (χ1) is 2.81. The zero-order valence-corrected chi connectivity index (χ0v) is 6.88. The van der Waals surface area contributed by atoms with E-state index >= 15 is 0 Å². The van der Waals surface area contributed by atoms with Gasteiger partial charge in [0.2, 0.25) is 0 Å². The molecule has 0 saturated heterocycles. The van der Waals surface area contributed by atoms with Gasteiger partial charge in [0.1, 0.15) is 0 Å². The van der Waals surface area contributed by atoms with Gasteiger partial charge in [0.25, 0.3) is 0 Å². The van der Waals surface area contributed by atoms with E-state index < -0.39 is 12.8 Å². The van der Waals surface area contributed by atoms with E-state index in [1.807, 2.05) is 0 Å². The molecule has 0 nitrogen and oxygen atoms in total. The molecule has 0 radical (unpaired) electrons. The van der Waals surface area contributed by atoms with Crippen LogP contribution in [0.1, 0.15) is 0 Å². The molecule has 0 rings (SSSR count).